The van der Waals surface area contributed by atoms with Crippen molar-refractivity contribution in [2.45, 2.75) is 19.3 Å². The third-order valence-electron chi connectivity index (χ3n) is 4.25. The Labute approximate surface area is 189 Å². The first-order valence-electron chi connectivity index (χ1n) is 8.71. The number of benzene rings is 2. The van der Waals surface area contributed by atoms with Crippen molar-refractivity contribution in [3.63, 3.8) is 0 Å². The molecule has 150 valence electrons. The van der Waals surface area contributed by atoms with Gasteiger partial charge in [0.05, 0.1) is 25.2 Å². The Morgan fingerprint density at radius 1 is 1.10 bits per heavy atom. The number of nitrogens with zero attached hydrogens (tertiary/aromatic N) is 3. The molecule has 2 heterocycles. The number of halogens is 3. The van der Waals surface area contributed by atoms with Crippen molar-refractivity contribution >= 4 is 46.9 Å². The lowest BCUT2D eigenvalue weighted by atomic mass is 10.1. The summed E-state index contributed by atoms with van der Waals surface area (Å²) in [6.07, 6.45) is 5.15. The molecule has 0 aliphatic carbocycles. The maximum absolute atomic E-state index is 6.43. The molecule has 29 heavy (non-hydrogen) atoms. The second-order valence-electron chi connectivity index (χ2n) is 6.23. The van der Waals surface area contributed by atoms with Crippen LogP contribution in [0.15, 0.2) is 72.6 Å². The van der Waals surface area contributed by atoms with Crippen molar-refractivity contribution in [3.8, 4) is 10.6 Å². The van der Waals surface area contributed by atoms with Crippen molar-refractivity contribution in [1.82, 2.24) is 14.5 Å². The van der Waals surface area contributed by atoms with Gasteiger partial charge in [-0.2, -0.15) is 0 Å². The van der Waals surface area contributed by atoms with Gasteiger partial charge in [0.1, 0.15) is 11.1 Å². The second kappa shape index (κ2) is 10.2. The monoisotopic (exact) mass is 465 g/mol. The average molecular weight is 467 g/mol. The molecule has 4 rings (SSSR count). The third kappa shape index (κ3) is 5.59. The van der Waals surface area contributed by atoms with Gasteiger partial charge in [0.25, 0.3) is 0 Å². The lowest BCUT2D eigenvalue weighted by molar-refractivity contribution is 0.0265. The lowest BCUT2D eigenvalue weighted by Gasteiger charge is -2.20. The summed E-state index contributed by atoms with van der Waals surface area (Å²) < 4.78 is 8.19. The van der Waals surface area contributed by atoms with Crippen LogP contribution in [0.25, 0.3) is 10.6 Å². The minimum atomic E-state index is -0.249. The molecule has 0 radical (unpaired) electrons. The molecule has 0 N–H and O–H groups in total. The van der Waals surface area contributed by atoms with E-state index in [1.165, 1.54) is 0 Å². The number of hydrogen-bond acceptors (Lipinski definition) is 4. The molecule has 2 aromatic heterocycles. The maximum Gasteiger partial charge on any atom is 0.123 e. The fourth-order valence-electron chi connectivity index (χ4n) is 2.86. The van der Waals surface area contributed by atoms with Crippen molar-refractivity contribution in [1.29, 1.82) is 0 Å². The van der Waals surface area contributed by atoms with E-state index in [0.29, 0.717) is 23.2 Å². The highest BCUT2D eigenvalue weighted by atomic mass is 35.5. The van der Waals surface area contributed by atoms with Gasteiger partial charge in [0.2, 0.25) is 0 Å². The van der Waals surface area contributed by atoms with Gasteiger partial charge in [0.15, 0.2) is 0 Å². The summed E-state index contributed by atoms with van der Waals surface area (Å²) in [6.45, 7) is 0.985. The van der Waals surface area contributed by atoms with Crippen LogP contribution in [0, 0.1) is 0 Å². The molecule has 1 unspecified atom stereocenters. The summed E-state index contributed by atoms with van der Waals surface area (Å²) in [5.41, 5.74) is 2.89. The van der Waals surface area contributed by atoms with E-state index >= 15 is 0 Å². The first-order chi connectivity index (χ1) is 13.7. The molecule has 0 amide bonds. The van der Waals surface area contributed by atoms with E-state index in [-0.39, 0.29) is 18.5 Å². The standard InChI is InChI=1S/C21H17Cl2N3OS.ClH/c22-16-6-7-18(19(23)10-16)20(11-26-9-8-24-14-26)27-12-17-13-28-21(25-17)15-4-2-1-3-5-15;/h1-10,13-14,20H,11-12H2;1H. The van der Waals surface area contributed by atoms with Gasteiger partial charge in [0, 0.05) is 38.9 Å². The number of thiazole rings is 1. The molecule has 8 heteroatoms. The van der Waals surface area contributed by atoms with E-state index in [2.05, 4.69) is 17.1 Å². The van der Waals surface area contributed by atoms with Crippen LogP contribution < -0.4 is 0 Å². The molecule has 2 aromatic carbocycles. The molecule has 0 spiro atoms. The van der Waals surface area contributed by atoms with Crippen LogP contribution in [-0.2, 0) is 17.9 Å². The van der Waals surface area contributed by atoms with E-state index in [1.807, 2.05) is 46.5 Å². The van der Waals surface area contributed by atoms with Crippen molar-refractivity contribution in [3.05, 3.63) is 93.9 Å². The zero-order valence-corrected chi connectivity index (χ0v) is 18.4. The summed E-state index contributed by atoms with van der Waals surface area (Å²) in [5.74, 6) is 0. The number of hydrogen-bond donors (Lipinski definition) is 0. The van der Waals surface area contributed by atoms with Crippen molar-refractivity contribution < 1.29 is 4.74 Å². The van der Waals surface area contributed by atoms with Crippen molar-refractivity contribution in [2.24, 2.45) is 0 Å². The van der Waals surface area contributed by atoms with Gasteiger partial charge in [-0.1, -0.05) is 59.6 Å². The summed E-state index contributed by atoms with van der Waals surface area (Å²) in [4.78, 5) is 8.80. The first-order valence-corrected chi connectivity index (χ1v) is 10.3. The Balaban J connectivity index is 0.00000240. The highest BCUT2D eigenvalue weighted by Gasteiger charge is 2.18. The van der Waals surface area contributed by atoms with E-state index in [0.717, 1.165) is 21.8 Å². The largest absolute Gasteiger partial charge is 0.365 e. The van der Waals surface area contributed by atoms with Gasteiger partial charge >= 0.3 is 0 Å². The first kappa shape index (κ1) is 21.8. The van der Waals surface area contributed by atoms with Gasteiger partial charge < -0.3 is 9.30 Å². The summed E-state index contributed by atoms with van der Waals surface area (Å²) in [5, 5.41) is 4.19. The predicted octanol–water partition coefficient (Wildman–Crippen LogP) is 6.69. The van der Waals surface area contributed by atoms with E-state index in [4.69, 9.17) is 32.9 Å². The van der Waals surface area contributed by atoms with Crippen molar-refractivity contribution in [2.75, 3.05) is 0 Å². The quantitative estimate of drug-likeness (QED) is 0.304. The predicted molar refractivity (Wildman–Crippen MR) is 121 cm³/mol. The van der Waals surface area contributed by atoms with E-state index in [1.54, 1.807) is 29.9 Å². The zero-order valence-electron chi connectivity index (χ0n) is 15.2. The molecule has 4 aromatic rings. The Hall–Kier alpha value is -1.89. The zero-order chi connectivity index (χ0) is 19.3. The Kier molecular flexibility index (Phi) is 7.70. The SMILES string of the molecule is Cl.Clc1ccc(C(Cn2ccnc2)OCc2csc(-c3ccccc3)n2)c(Cl)c1. The topological polar surface area (TPSA) is 39.9 Å². The molecule has 0 bridgehead atoms. The fraction of sp³-hybridized carbons (Fsp3) is 0.143. The summed E-state index contributed by atoms with van der Waals surface area (Å²) >= 11 is 14.1. The minimum Gasteiger partial charge on any atom is -0.365 e. The van der Waals surface area contributed by atoms with Gasteiger partial charge in [-0.05, 0) is 12.1 Å². The minimum absolute atomic E-state index is 0. The molecule has 0 aliphatic rings. The molecular weight excluding hydrogens is 449 g/mol. The van der Waals surface area contributed by atoms with Gasteiger partial charge in [-0.25, -0.2) is 9.97 Å². The number of rotatable bonds is 7. The van der Waals surface area contributed by atoms with Crippen LogP contribution in [0.2, 0.25) is 10.0 Å². The molecular formula is C21H18Cl3N3OS. The van der Waals surface area contributed by atoms with Gasteiger partial charge in [-0.15, -0.1) is 23.7 Å². The van der Waals surface area contributed by atoms with Crippen LogP contribution in [0.1, 0.15) is 17.4 Å². The smallest absolute Gasteiger partial charge is 0.123 e. The van der Waals surface area contributed by atoms with E-state index in [9.17, 15) is 0 Å². The molecule has 0 fully saturated rings. The molecule has 0 aliphatic heterocycles. The molecule has 1 atom stereocenters. The Morgan fingerprint density at radius 2 is 1.93 bits per heavy atom. The summed E-state index contributed by atoms with van der Waals surface area (Å²) in [6, 6.07) is 15.6. The highest BCUT2D eigenvalue weighted by molar-refractivity contribution is 7.13. The summed E-state index contributed by atoms with van der Waals surface area (Å²) in [7, 11) is 0. The average Bonchev–Trinajstić information content (AvgIpc) is 3.38. The maximum atomic E-state index is 6.43. The third-order valence-corrected chi connectivity index (χ3v) is 5.75. The van der Waals surface area contributed by atoms with Crippen LogP contribution in [0.5, 0.6) is 0 Å². The van der Waals surface area contributed by atoms with Crippen LogP contribution >= 0.6 is 46.9 Å². The Bertz CT molecular complexity index is 1040. The van der Waals surface area contributed by atoms with Crippen LogP contribution in [0.3, 0.4) is 0 Å². The van der Waals surface area contributed by atoms with E-state index < -0.39 is 0 Å². The number of imidazole rings is 1. The fourth-order valence-corrected chi connectivity index (χ4v) is 4.20. The Morgan fingerprint density at radius 3 is 2.66 bits per heavy atom. The normalized spacial score (nSPS) is 11.8. The molecule has 0 saturated carbocycles. The molecule has 0 saturated heterocycles. The number of ether oxygens (including phenoxy) is 1. The molecule has 4 nitrogen and oxygen atoms in total. The highest BCUT2D eigenvalue weighted by Crippen LogP contribution is 2.31. The van der Waals surface area contributed by atoms with Crippen LogP contribution in [0.4, 0.5) is 0 Å². The number of aromatic nitrogens is 3. The second-order valence-corrected chi connectivity index (χ2v) is 7.94. The lowest BCUT2D eigenvalue weighted by Crippen LogP contribution is -2.12. The van der Waals surface area contributed by atoms with Gasteiger partial charge in [-0.3, -0.25) is 0 Å². The van der Waals surface area contributed by atoms with Crippen LogP contribution in [-0.4, -0.2) is 14.5 Å².